The Morgan fingerprint density at radius 2 is 1.33 bits per heavy atom. The van der Waals surface area contributed by atoms with E-state index >= 15 is 0 Å². The highest BCUT2D eigenvalue weighted by atomic mass is 19.4. The molecule has 2 aromatic rings. The van der Waals surface area contributed by atoms with Crippen LogP contribution in [0.1, 0.15) is 33.3 Å². The fourth-order valence-corrected chi connectivity index (χ4v) is 2.98. The molecule has 0 saturated carbocycles. The first-order valence-corrected chi connectivity index (χ1v) is 9.71. The van der Waals surface area contributed by atoms with Crippen LogP contribution < -0.4 is 14.9 Å². The summed E-state index contributed by atoms with van der Waals surface area (Å²) in [7, 11) is -1.09. The molecule has 1 aliphatic rings. The SMILES string of the molecule is CC1(C)OB(c2ccc(Oc3ccc(OC(F)(F)F)cc3)c(C(F)(F)C(F)F)c2)OC1(C)C. The monoisotopic (exact) mass is 480 g/mol. The Kier molecular flexibility index (Phi) is 6.40. The van der Waals surface area contributed by atoms with Crippen molar-refractivity contribution in [2.75, 3.05) is 0 Å². The van der Waals surface area contributed by atoms with E-state index in [1.54, 1.807) is 27.7 Å². The molecular weight excluding hydrogens is 460 g/mol. The molecule has 0 aromatic heterocycles. The molecular formula is C21H20BF7O4. The van der Waals surface area contributed by atoms with Crippen molar-refractivity contribution in [3.63, 3.8) is 0 Å². The Balaban J connectivity index is 1.94. The topological polar surface area (TPSA) is 36.9 Å². The van der Waals surface area contributed by atoms with Crippen LogP contribution in [0.2, 0.25) is 0 Å². The van der Waals surface area contributed by atoms with Gasteiger partial charge in [0.05, 0.1) is 16.8 Å². The van der Waals surface area contributed by atoms with Crippen molar-refractivity contribution in [3.8, 4) is 17.2 Å². The van der Waals surface area contributed by atoms with Crippen molar-refractivity contribution in [2.45, 2.75) is 57.6 Å². The van der Waals surface area contributed by atoms with Crippen LogP contribution in [0.5, 0.6) is 17.2 Å². The van der Waals surface area contributed by atoms with Crippen LogP contribution in [0, 0.1) is 0 Å². The quantitative estimate of drug-likeness (QED) is 0.374. The summed E-state index contributed by atoms with van der Waals surface area (Å²) >= 11 is 0. The highest BCUT2D eigenvalue weighted by Gasteiger charge is 2.52. The zero-order valence-corrected chi connectivity index (χ0v) is 18.0. The van der Waals surface area contributed by atoms with Gasteiger partial charge in [0.1, 0.15) is 17.2 Å². The maximum Gasteiger partial charge on any atom is 0.573 e. The summed E-state index contributed by atoms with van der Waals surface area (Å²) in [4.78, 5) is 0. The van der Waals surface area contributed by atoms with E-state index in [9.17, 15) is 30.7 Å². The first-order chi connectivity index (χ1) is 15.0. The van der Waals surface area contributed by atoms with E-state index < -0.39 is 54.1 Å². The van der Waals surface area contributed by atoms with Crippen LogP contribution in [0.15, 0.2) is 42.5 Å². The Hall–Kier alpha value is -2.47. The zero-order chi connectivity index (χ0) is 24.8. The molecule has 0 aliphatic carbocycles. The summed E-state index contributed by atoms with van der Waals surface area (Å²) in [5.74, 6) is -5.93. The molecule has 0 radical (unpaired) electrons. The first kappa shape index (κ1) is 25.2. The molecule has 0 bridgehead atoms. The van der Waals surface area contributed by atoms with Crippen LogP contribution >= 0.6 is 0 Å². The van der Waals surface area contributed by atoms with Crippen molar-refractivity contribution in [2.24, 2.45) is 0 Å². The molecule has 0 spiro atoms. The van der Waals surface area contributed by atoms with Gasteiger partial charge in [-0.05, 0) is 69.6 Å². The van der Waals surface area contributed by atoms with Gasteiger partial charge in [-0.1, -0.05) is 6.07 Å². The van der Waals surface area contributed by atoms with Gasteiger partial charge in [-0.15, -0.1) is 13.2 Å². The van der Waals surface area contributed by atoms with Gasteiger partial charge in [0, 0.05) is 0 Å². The molecule has 180 valence electrons. The van der Waals surface area contributed by atoms with Gasteiger partial charge >= 0.3 is 25.8 Å². The van der Waals surface area contributed by atoms with Gasteiger partial charge in [0.2, 0.25) is 0 Å². The van der Waals surface area contributed by atoms with Crippen LogP contribution in [-0.4, -0.2) is 31.1 Å². The smallest absolute Gasteiger partial charge is 0.457 e. The van der Waals surface area contributed by atoms with Crippen molar-refractivity contribution < 1.29 is 49.5 Å². The van der Waals surface area contributed by atoms with Gasteiger partial charge in [-0.2, -0.15) is 8.78 Å². The average Bonchev–Trinajstić information content (AvgIpc) is 2.89. The fourth-order valence-electron chi connectivity index (χ4n) is 2.98. The number of alkyl halides is 7. The summed E-state index contributed by atoms with van der Waals surface area (Å²) in [6, 6.07) is 7.01. The Morgan fingerprint density at radius 1 is 0.818 bits per heavy atom. The maximum absolute atomic E-state index is 14.4. The number of halogens is 7. The number of hydrogen-bond acceptors (Lipinski definition) is 4. The van der Waals surface area contributed by atoms with E-state index in [0.717, 1.165) is 36.4 Å². The van der Waals surface area contributed by atoms with E-state index in [4.69, 9.17) is 14.0 Å². The average molecular weight is 480 g/mol. The summed E-state index contributed by atoms with van der Waals surface area (Å²) in [6.45, 7) is 6.97. The molecule has 0 unspecified atom stereocenters. The number of benzene rings is 2. The third kappa shape index (κ3) is 5.38. The molecule has 33 heavy (non-hydrogen) atoms. The van der Waals surface area contributed by atoms with E-state index in [0.29, 0.717) is 0 Å². The van der Waals surface area contributed by atoms with Crippen molar-refractivity contribution in [3.05, 3.63) is 48.0 Å². The molecule has 3 rings (SSSR count). The molecule has 4 nitrogen and oxygen atoms in total. The molecule has 12 heteroatoms. The van der Waals surface area contributed by atoms with E-state index in [-0.39, 0.29) is 11.2 Å². The van der Waals surface area contributed by atoms with Crippen LogP contribution in [0.4, 0.5) is 30.7 Å². The summed E-state index contributed by atoms with van der Waals surface area (Å²) in [5, 5.41) is 0. The van der Waals surface area contributed by atoms with Gasteiger partial charge in [-0.3, -0.25) is 0 Å². The lowest BCUT2D eigenvalue weighted by Gasteiger charge is -2.32. The lowest BCUT2D eigenvalue weighted by atomic mass is 9.77. The Morgan fingerprint density at radius 3 is 1.82 bits per heavy atom. The van der Waals surface area contributed by atoms with E-state index in [1.807, 2.05) is 0 Å². The molecule has 1 saturated heterocycles. The predicted molar refractivity (Wildman–Crippen MR) is 105 cm³/mol. The van der Waals surface area contributed by atoms with Crippen LogP contribution in [0.3, 0.4) is 0 Å². The summed E-state index contributed by atoms with van der Waals surface area (Å²) in [6.07, 6.45) is -8.96. The number of rotatable bonds is 6. The van der Waals surface area contributed by atoms with Crippen LogP contribution in [0.25, 0.3) is 0 Å². The standard InChI is InChI=1S/C21H20BF7O4/c1-18(2)19(3,4)33-22(32-18)12-5-10-16(15(11-12)20(25,26)17(23)24)30-13-6-8-14(9-7-13)31-21(27,28)29/h5-11,17H,1-4H3. The lowest BCUT2D eigenvalue weighted by Crippen LogP contribution is -2.41. The highest BCUT2D eigenvalue weighted by Crippen LogP contribution is 2.42. The minimum atomic E-state index is -4.92. The van der Waals surface area contributed by atoms with Crippen molar-refractivity contribution in [1.29, 1.82) is 0 Å². The molecule has 1 fully saturated rings. The first-order valence-electron chi connectivity index (χ1n) is 9.71. The second kappa shape index (κ2) is 8.39. The second-order valence-electron chi connectivity index (χ2n) is 8.39. The van der Waals surface area contributed by atoms with E-state index in [2.05, 4.69) is 4.74 Å². The molecule has 0 N–H and O–H groups in total. The number of hydrogen-bond donors (Lipinski definition) is 0. The van der Waals surface area contributed by atoms with Gasteiger partial charge < -0.3 is 18.8 Å². The zero-order valence-electron chi connectivity index (χ0n) is 18.0. The second-order valence-corrected chi connectivity index (χ2v) is 8.39. The third-order valence-corrected chi connectivity index (χ3v) is 5.45. The van der Waals surface area contributed by atoms with Gasteiger partial charge in [0.25, 0.3) is 0 Å². The highest BCUT2D eigenvalue weighted by molar-refractivity contribution is 6.62. The fraction of sp³-hybridized carbons (Fsp3) is 0.429. The Labute approximate surface area is 185 Å². The molecule has 0 atom stereocenters. The van der Waals surface area contributed by atoms with Crippen molar-refractivity contribution in [1.82, 2.24) is 0 Å². The van der Waals surface area contributed by atoms with Gasteiger partial charge in [0.15, 0.2) is 0 Å². The maximum atomic E-state index is 14.4. The minimum absolute atomic E-state index is 0.0743. The molecule has 2 aromatic carbocycles. The third-order valence-electron chi connectivity index (χ3n) is 5.45. The van der Waals surface area contributed by atoms with Crippen LogP contribution in [-0.2, 0) is 15.2 Å². The predicted octanol–water partition coefficient (Wildman–Crippen LogP) is 6.03. The van der Waals surface area contributed by atoms with E-state index in [1.165, 1.54) is 6.07 Å². The number of ether oxygens (including phenoxy) is 2. The van der Waals surface area contributed by atoms with Crippen molar-refractivity contribution >= 4 is 12.6 Å². The summed E-state index contributed by atoms with van der Waals surface area (Å²) in [5.41, 5.74) is -2.64. The Bertz CT molecular complexity index is 975. The normalized spacial score (nSPS) is 18.0. The minimum Gasteiger partial charge on any atom is -0.457 e. The molecule has 1 heterocycles. The molecule has 1 aliphatic heterocycles. The molecule has 0 amide bonds. The summed E-state index contributed by atoms with van der Waals surface area (Å²) < 4.78 is 113. The largest absolute Gasteiger partial charge is 0.573 e. The van der Waals surface area contributed by atoms with Gasteiger partial charge in [-0.25, -0.2) is 8.78 Å². The lowest BCUT2D eigenvalue weighted by molar-refractivity contribution is -0.274.